The second-order valence-corrected chi connectivity index (χ2v) is 7.84. The maximum atomic E-state index is 12.1. The molecule has 1 N–H and O–H groups in total. The number of halogens is 2. The van der Waals surface area contributed by atoms with Crippen LogP contribution in [-0.4, -0.2) is 43.7 Å². The molecule has 1 amide bonds. The van der Waals surface area contributed by atoms with Gasteiger partial charge in [0.2, 0.25) is 5.91 Å². The fourth-order valence-electron chi connectivity index (χ4n) is 3.05. The van der Waals surface area contributed by atoms with Crippen LogP contribution in [0.4, 0.5) is 5.69 Å². The summed E-state index contributed by atoms with van der Waals surface area (Å²) in [5.41, 5.74) is 2.84. The van der Waals surface area contributed by atoms with Gasteiger partial charge < -0.3 is 14.5 Å². The lowest BCUT2D eigenvalue weighted by atomic mass is 10.1. The third kappa shape index (κ3) is 5.81. The van der Waals surface area contributed by atoms with Crippen LogP contribution in [-0.2, 0) is 16.1 Å². The topological polar surface area (TPSA) is 38.3 Å². The van der Waals surface area contributed by atoms with Crippen molar-refractivity contribution < 1.29 is 14.0 Å². The quantitative estimate of drug-likeness (QED) is 0.581. The maximum Gasteiger partial charge on any atom is 0.248 e. The molecule has 3 rings (SSSR count). The monoisotopic (exact) mass is 405 g/mol. The molecular weight excluding hydrogens is 383 g/mol. The molecule has 1 aliphatic rings. The lowest BCUT2D eigenvalue weighted by Gasteiger charge is -2.37. The number of quaternary nitrogens is 1. The molecule has 0 atom stereocenters. The summed E-state index contributed by atoms with van der Waals surface area (Å²) in [5, 5.41) is 3.83. The number of rotatable bonds is 5. The molecule has 0 bridgehead atoms. The van der Waals surface area contributed by atoms with Crippen molar-refractivity contribution >= 4 is 40.9 Å². The molecule has 6 heteroatoms. The van der Waals surface area contributed by atoms with E-state index in [0.717, 1.165) is 48.6 Å². The third-order valence-corrected chi connectivity index (χ3v) is 5.45. The fraction of sp³-hybridized carbons (Fsp3) is 0.286. The molecule has 1 heterocycles. The molecule has 1 aliphatic heterocycles. The first-order valence-electron chi connectivity index (χ1n) is 8.88. The maximum absolute atomic E-state index is 12.1. The summed E-state index contributed by atoms with van der Waals surface area (Å²) >= 11 is 11.9. The minimum absolute atomic E-state index is 0.194. The Balaban J connectivity index is 1.56. The van der Waals surface area contributed by atoms with E-state index < -0.39 is 0 Å². The van der Waals surface area contributed by atoms with Crippen LogP contribution < -0.4 is 5.32 Å². The number of hydrogen-bond donors (Lipinski definition) is 1. The van der Waals surface area contributed by atoms with Crippen LogP contribution in [0.5, 0.6) is 0 Å². The van der Waals surface area contributed by atoms with Gasteiger partial charge in [0.25, 0.3) is 0 Å². The molecule has 1 fully saturated rings. The molecule has 142 valence electrons. The summed E-state index contributed by atoms with van der Waals surface area (Å²) in [4.78, 5) is 12.1. The van der Waals surface area contributed by atoms with Gasteiger partial charge in [-0.25, -0.2) is 0 Å². The summed E-state index contributed by atoms with van der Waals surface area (Å²) in [6, 6.07) is 13.2. The van der Waals surface area contributed by atoms with Gasteiger partial charge in [-0.3, -0.25) is 4.79 Å². The Hall–Kier alpha value is -1.85. The van der Waals surface area contributed by atoms with Crippen LogP contribution in [0.15, 0.2) is 48.5 Å². The molecule has 0 spiro atoms. The Morgan fingerprint density at radius 3 is 2.48 bits per heavy atom. The normalized spacial score (nSPS) is 16.4. The van der Waals surface area contributed by atoms with Gasteiger partial charge in [-0.2, -0.15) is 0 Å². The first-order valence-corrected chi connectivity index (χ1v) is 9.63. The Morgan fingerprint density at radius 2 is 1.81 bits per heavy atom. The van der Waals surface area contributed by atoms with Crippen molar-refractivity contribution in [1.82, 2.24) is 0 Å². The number of carbonyl (C=O) groups excluding carboxylic acids is 1. The summed E-state index contributed by atoms with van der Waals surface area (Å²) in [7, 11) is 2.26. The highest BCUT2D eigenvalue weighted by atomic mass is 35.5. The van der Waals surface area contributed by atoms with Gasteiger partial charge >= 0.3 is 0 Å². The molecule has 0 aliphatic carbocycles. The Labute approximate surface area is 169 Å². The largest absolute Gasteiger partial charge is 0.370 e. The summed E-state index contributed by atoms with van der Waals surface area (Å²) in [6.45, 7) is 4.65. The van der Waals surface area contributed by atoms with Crippen molar-refractivity contribution in [3.63, 3.8) is 0 Å². The highest BCUT2D eigenvalue weighted by Crippen LogP contribution is 2.23. The lowest BCUT2D eigenvalue weighted by Crippen LogP contribution is -2.51. The van der Waals surface area contributed by atoms with Crippen LogP contribution >= 0.6 is 23.2 Å². The highest BCUT2D eigenvalue weighted by Gasteiger charge is 2.25. The van der Waals surface area contributed by atoms with Crippen LogP contribution in [0, 0.1) is 0 Å². The second kappa shape index (κ2) is 8.89. The zero-order valence-corrected chi connectivity index (χ0v) is 16.8. The fourth-order valence-corrected chi connectivity index (χ4v) is 3.35. The van der Waals surface area contributed by atoms with Gasteiger partial charge in [0.1, 0.15) is 19.6 Å². The predicted molar refractivity (Wildman–Crippen MR) is 111 cm³/mol. The Kier molecular flexibility index (Phi) is 6.55. The van der Waals surface area contributed by atoms with Crippen LogP contribution in [0.25, 0.3) is 6.08 Å². The van der Waals surface area contributed by atoms with E-state index in [4.69, 9.17) is 27.9 Å². The number of nitrogens with zero attached hydrogens (tertiary/aromatic N) is 1. The van der Waals surface area contributed by atoms with Crippen molar-refractivity contribution in [3.8, 4) is 0 Å². The number of likely N-dealkylation sites (N-methyl/N-ethyl adjacent to an activating group) is 1. The van der Waals surface area contributed by atoms with Crippen molar-refractivity contribution in [2.24, 2.45) is 0 Å². The highest BCUT2D eigenvalue weighted by molar-refractivity contribution is 6.42. The van der Waals surface area contributed by atoms with Crippen LogP contribution in [0.1, 0.15) is 11.1 Å². The number of ether oxygens (including phenoxy) is 1. The second-order valence-electron chi connectivity index (χ2n) is 7.03. The number of nitrogens with one attached hydrogen (secondary N) is 1. The number of morpholine rings is 1. The standard InChI is InChI=1S/C21H22Cl2N2O2/c1-25(10-12-27-13-11-25)15-17-2-6-18(7-3-17)24-21(26)9-5-16-4-8-19(22)20(23)14-16/h2-9,14H,10-13,15H2,1H3/p+1. The molecule has 0 unspecified atom stereocenters. The molecule has 27 heavy (non-hydrogen) atoms. The van der Waals surface area contributed by atoms with E-state index in [1.165, 1.54) is 11.6 Å². The van der Waals surface area contributed by atoms with E-state index in [0.29, 0.717) is 10.0 Å². The molecule has 0 radical (unpaired) electrons. The first-order chi connectivity index (χ1) is 12.9. The van der Waals surface area contributed by atoms with E-state index in [9.17, 15) is 4.79 Å². The van der Waals surface area contributed by atoms with E-state index in [1.807, 2.05) is 18.2 Å². The average Bonchev–Trinajstić information content (AvgIpc) is 2.65. The van der Waals surface area contributed by atoms with Crippen molar-refractivity contribution in [2.75, 3.05) is 38.7 Å². The molecule has 0 aromatic heterocycles. The molecular formula is C21H23Cl2N2O2+. The smallest absolute Gasteiger partial charge is 0.248 e. The van der Waals surface area contributed by atoms with E-state index in [-0.39, 0.29) is 5.91 Å². The zero-order chi connectivity index (χ0) is 19.3. The predicted octanol–water partition coefficient (Wildman–Crippen LogP) is 4.62. The van der Waals surface area contributed by atoms with E-state index in [2.05, 4.69) is 24.5 Å². The van der Waals surface area contributed by atoms with Gasteiger partial charge in [0.05, 0.1) is 30.3 Å². The SMILES string of the molecule is C[N+]1(Cc2ccc(NC(=O)C=Cc3ccc(Cl)c(Cl)c3)cc2)CCOCC1. The van der Waals surface area contributed by atoms with E-state index >= 15 is 0 Å². The van der Waals surface area contributed by atoms with Crippen molar-refractivity contribution in [2.45, 2.75) is 6.54 Å². The molecule has 4 nitrogen and oxygen atoms in total. The van der Waals surface area contributed by atoms with Crippen molar-refractivity contribution in [3.05, 3.63) is 69.7 Å². The summed E-state index contributed by atoms with van der Waals surface area (Å²) in [6.07, 6.45) is 3.18. The minimum atomic E-state index is -0.194. The lowest BCUT2D eigenvalue weighted by molar-refractivity contribution is -0.929. The molecule has 2 aromatic carbocycles. The average molecular weight is 406 g/mol. The Bertz CT molecular complexity index is 829. The molecule has 0 saturated carbocycles. The number of amides is 1. The first kappa shape index (κ1) is 19.9. The number of benzene rings is 2. The zero-order valence-electron chi connectivity index (χ0n) is 15.3. The number of anilines is 1. The summed E-state index contributed by atoms with van der Waals surface area (Å²) in [5.74, 6) is -0.194. The minimum Gasteiger partial charge on any atom is -0.370 e. The van der Waals surface area contributed by atoms with Gasteiger partial charge in [-0.15, -0.1) is 0 Å². The van der Waals surface area contributed by atoms with Crippen LogP contribution in [0.3, 0.4) is 0 Å². The van der Waals surface area contributed by atoms with E-state index in [1.54, 1.807) is 18.2 Å². The Morgan fingerprint density at radius 1 is 1.11 bits per heavy atom. The van der Waals surface area contributed by atoms with Gasteiger partial charge in [0.15, 0.2) is 0 Å². The number of hydrogen-bond acceptors (Lipinski definition) is 2. The van der Waals surface area contributed by atoms with Crippen molar-refractivity contribution in [1.29, 1.82) is 0 Å². The third-order valence-electron chi connectivity index (χ3n) is 4.71. The van der Waals surface area contributed by atoms with Gasteiger partial charge in [-0.1, -0.05) is 41.4 Å². The van der Waals surface area contributed by atoms with Gasteiger partial charge in [-0.05, 0) is 35.9 Å². The van der Waals surface area contributed by atoms with Crippen LogP contribution in [0.2, 0.25) is 10.0 Å². The summed E-state index contributed by atoms with van der Waals surface area (Å²) < 4.78 is 6.43. The molecule has 1 saturated heterocycles. The van der Waals surface area contributed by atoms with Gasteiger partial charge in [0, 0.05) is 17.3 Å². The molecule has 2 aromatic rings. The number of carbonyl (C=O) groups is 1.